The molecule has 0 unspecified atom stereocenters. The first-order chi connectivity index (χ1) is 13.2. The van der Waals surface area contributed by atoms with E-state index < -0.39 is 0 Å². The van der Waals surface area contributed by atoms with E-state index in [1.807, 2.05) is 25.3 Å². The highest BCUT2D eigenvalue weighted by atomic mass is 16.1. The molecule has 1 aromatic carbocycles. The molecule has 27 heavy (non-hydrogen) atoms. The summed E-state index contributed by atoms with van der Waals surface area (Å²) < 4.78 is 1.64. The van der Waals surface area contributed by atoms with E-state index in [2.05, 4.69) is 35.2 Å². The predicted octanol–water partition coefficient (Wildman–Crippen LogP) is 3.99. The first-order valence-electron chi connectivity index (χ1n) is 9.96. The lowest BCUT2D eigenvalue weighted by atomic mass is 10.1. The molecule has 1 saturated carbocycles. The predicted molar refractivity (Wildman–Crippen MR) is 109 cm³/mol. The van der Waals surface area contributed by atoms with Gasteiger partial charge in [0.1, 0.15) is 5.65 Å². The van der Waals surface area contributed by atoms with Crippen molar-refractivity contribution in [1.29, 1.82) is 0 Å². The summed E-state index contributed by atoms with van der Waals surface area (Å²) in [7, 11) is 0. The van der Waals surface area contributed by atoms with Crippen LogP contribution in [0.3, 0.4) is 0 Å². The lowest BCUT2D eigenvalue weighted by Crippen LogP contribution is -2.35. The molecule has 1 aliphatic carbocycles. The summed E-state index contributed by atoms with van der Waals surface area (Å²) in [6.45, 7) is 3.74. The van der Waals surface area contributed by atoms with Gasteiger partial charge in [0.05, 0.1) is 5.69 Å². The molecule has 4 rings (SSSR count). The third kappa shape index (κ3) is 4.28. The summed E-state index contributed by atoms with van der Waals surface area (Å²) >= 11 is 0. The molecule has 3 aromatic rings. The van der Waals surface area contributed by atoms with E-state index in [4.69, 9.17) is 4.98 Å². The monoisotopic (exact) mass is 361 g/mol. The zero-order chi connectivity index (χ0) is 18.6. The largest absolute Gasteiger partial charge is 0.294 e. The van der Waals surface area contributed by atoms with Crippen molar-refractivity contribution < 1.29 is 0 Å². The Balaban J connectivity index is 1.56. The Bertz CT molecular complexity index is 958. The van der Waals surface area contributed by atoms with Gasteiger partial charge >= 0.3 is 0 Å². The number of aryl methyl sites for hydroxylation is 1. The molecule has 4 nitrogen and oxygen atoms in total. The molecule has 0 saturated heterocycles. The van der Waals surface area contributed by atoms with E-state index in [9.17, 15) is 4.79 Å². The molecule has 1 fully saturated rings. The van der Waals surface area contributed by atoms with Crippen LogP contribution in [0, 0.1) is 6.92 Å². The van der Waals surface area contributed by atoms with Crippen molar-refractivity contribution in [3.8, 4) is 0 Å². The maximum atomic E-state index is 12.5. The molecule has 140 valence electrons. The lowest BCUT2D eigenvalue weighted by molar-refractivity contribution is 0.189. The van der Waals surface area contributed by atoms with Gasteiger partial charge in [0, 0.05) is 31.4 Å². The minimum atomic E-state index is 0.00753. The van der Waals surface area contributed by atoms with Crippen LogP contribution < -0.4 is 5.56 Å². The van der Waals surface area contributed by atoms with E-state index in [0.29, 0.717) is 6.04 Å². The topological polar surface area (TPSA) is 37.6 Å². The Morgan fingerprint density at radius 1 is 1.11 bits per heavy atom. The summed E-state index contributed by atoms with van der Waals surface area (Å²) in [5.41, 5.74) is 4.05. The first kappa shape index (κ1) is 17.9. The van der Waals surface area contributed by atoms with E-state index in [0.717, 1.165) is 36.4 Å². The van der Waals surface area contributed by atoms with Gasteiger partial charge < -0.3 is 0 Å². The molecule has 0 amide bonds. The fourth-order valence-electron chi connectivity index (χ4n) is 4.12. The Kier molecular flexibility index (Phi) is 5.35. The van der Waals surface area contributed by atoms with Crippen LogP contribution in [0.1, 0.15) is 42.5 Å². The van der Waals surface area contributed by atoms with Crippen LogP contribution in [0.2, 0.25) is 0 Å². The number of benzene rings is 1. The average Bonchev–Trinajstić information content (AvgIpc) is 3.21. The van der Waals surface area contributed by atoms with Gasteiger partial charge in [0.2, 0.25) is 0 Å². The van der Waals surface area contributed by atoms with Gasteiger partial charge in [-0.05, 0) is 43.4 Å². The second-order valence-electron chi connectivity index (χ2n) is 7.66. The number of nitrogens with zero attached hydrogens (tertiary/aromatic N) is 3. The number of hydrogen-bond donors (Lipinski definition) is 0. The minimum absolute atomic E-state index is 0.00753. The molecule has 0 radical (unpaired) electrons. The molecule has 2 heterocycles. The van der Waals surface area contributed by atoms with Gasteiger partial charge in [-0.2, -0.15) is 0 Å². The molecule has 0 atom stereocenters. The highest BCUT2D eigenvalue weighted by Gasteiger charge is 2.23. The number of rotatable bonds is 6. The first-order valence-corrected chi connectivity index (χ1v) is 9.96. The van der Waals surface area contributed by atoms with Crippen LogP contribution in [0.4, 0.5) is 0 Å². The lowest BCUT2D eigenvalue weighted by Gasteiger charge is -2.28. The van der Waals surface area contributed by atoms with E-state index in [1.165, 1.54) is 31.2 Å². The third-order valence-electron chi connectivity index (χ3n) is 5.60. The highest BCUT2D eigenvalue weighted by Crippen LogP contribution is 2.25. The van der Waals surface area contributed by atoms with Gasteiger partial charge in [-0.1, -0.05) is 49.2 Å². The molecule has 2 aromatic heterocycles. The zero-order valence-corrected chi connectivity index (χ0v) is 16.0. The summed E-state index contributed by atoms with van der Waals surface area (Å²) in [6, 6.07) is 16.9. The van der Waals surface area contributed by atoms with E-state index in [1.54, 1.807) is 10.5 Å². The normalized spacial score (nSPS) is 15.0. The molecule has 1 aliphatic rings. The van der Waals surface area contributed by atoms with Crippen LogP contribution in [0.5, 0.6) is 0 Å². The van der Waals surface area contributed by atoms with Crippen molar-refractivity contribution in [1.82, 2.24) is 14.3 Å². The minimum Gasteiger partial charge on any atom is -0.294 e. The molecule has 0 aliphatic heterocycles. The smallest absolute Gasteiger partial charge is 0.258 e. The summed E-state index contributed by atoms with van der Waals surface area (Å²) in [4.78, 5) is 19.8. The van der Waals surface area contributed by atoms with Crippen molar-refractivity contribution in [2.45, 2.75) is 51.6 Å². The van der Waals surface area contributed by atoms with Crippen molar-refractivity contribution in [2.24, 2.45) is 0 Å². The van der Waals surface area contributed by atoms with E-state index >= 15 is 0 Å². The van der Waals surface area contributed by atoms with Crippen LogP contribution in [0.15, 0.2) is 59.5 Å². The van der Waals surface area contributed by atoms with Crippen molar-refractivity contribution in [3.05, 3.63) is 81.9 Å². The number of fused-ring (bicyclic) bond motifs is 1. The molecule has 4 heteroatoms. The molecular formula is C23H27N3O. The number of pyridine rings is 1. The summed E-state index contributed by atoms with van der Waals surface area (Å²) in [5, 5.41) is 0. The van der Waals surface area contributed by atoms with Crippen molar-refractivity contribution in [2.75, 3.05) is 6.54 Å². The highest BCUT2D eigenvalue weighted by molar-refractivity contribution is 5.39. The van der Waals surface area contributed by atoms with Crippen molar-refractivity contribution >= 4 is 5.65 Å². The number of aromatic nitrogens is 2. The Morgan fingerprint density at radius 3 is 2.67 bits per heavy atom. The van der Waals surface area contributed by atoms with Crippen molar-refractivity contribution in [3.63, 3.8) is 0 Å². The maximum Gasteiger partial charge on any atom is 0.258 e. The zero-order valence-electron chi connectivity index (χ0n) is 16.0. The Labute approximate surface area is 160 Å². The quantitative estimate of drug-likeness (QED) is 0.666. The second kappa shape index (κ2) is 8.05. The van der Waals surface area contributed by atoms with Gasteiger partial charge in [-0.25, -0.2) is 4.98 Å². The fourth-order valence-corrected chi connectivity index (χ4v) is 4.12. The third-order valence-corrected chi connectivity index (χ3v) is 5.60. The molecule has 0 N–H and O–H groups in total. The van der Waals surface area contributed by atoms with Crippen LogP contribution >= 0.6 is 0 Å². The van der Waals surface area contributed by atoms with Gasteiger partial charge in [0.15, 0.2) is 0 Å². The Hall–Kier alpha value is -2.46. The van der Waals surface area contributed by atoms with Crippen LogP contribution in [-0.2, 0) is 13.0 Å². The van der Waals surface area contributed by atoms with Gasteiger partial charge in [-0.3, -0.25) is 14.1 Å². The second-order valence-corrected chi connectivity index (χ2v) is 7.66. The Morgan fingerprint density at radius 2 is 1.89 bits per heavy atom. The van der Waals surface area contributed by atoms with E-state index in [-0.39, 0.29) is 5.56 Å². The molecule has 0 bridgehead atoms. The molecular weight excluding hydrogens is 334 g/mol. The van der Waals surface area contributed by atoms with Crippen LogP contribution in [0.25, 0.3) is 5.65 Å². The SMILES string of the molecule is Cc1ccc2nc(CN(CCc3ccccc3)C3CCCC3)cc(=O)n2c1. The fraction of sp³-hybridized carbons (Fsp3) is 0.391. The number of hydrogen-bond acceptors (Lipinski definition) is 3. The summed E-state index contributed by atoms with van der Waals surface area (Å²) in [6.07, 6.45) is 8.00. The van der Waals surface area contributed by atoms with Crippen LogP contribution in [-0.4, -0.2) is 26.9 Å². The maximum absolute atomic E-state index is 12.5. The average molecular weight is 361 g/mol. The van der Waals surface area contributed by atoms with Gasteiger partial charge in [-0.15, -0.1) is 0 Å². The standard InChI is InChI=1S/C23H27N3O/c1-18-11-12-22-24-20(15-23(27)26(22)16-18)17-25(21-9-5-6-10-21)14-13-19-7-3-2-4-8-19/h2-4,7-8,11-12,15-16,21H,5-6,9-10,13-14,17H2,1H3. The molecule has 0 spiro atoms. The summed E-state index contributed by atoms with van der Waals surface area (Å²) in [5.74, 6) is 0. The van der Waals surface area contributed by atoms with Gasteiger partial charge in [0.25, 0.3) is 5.56 Å².